The highest BCUT2D eigenvalue weighted by atomic mass is 32.1. The van der Waals surface area contributed by atoms with Crippen LogP contribution in [0.4, 0.5) is 0 Å². The molecule has 2 atom stereocenters. The third-order valence-corrected chi connectivity index (χ3v) is 8.77. The minimum absolute atomic E-state index is 0.156. The van der Waals surface area contributed by atoms with Gasteiger partial charge in [0.25, 0.3) is 11.8 Å². The Hall–Kier alpha value is -2.18. The number of carbonyl (C=O) groups is 2. The van der Waals surface area contributed by atoms with Crippen molar-refractivity contribution < 1.29 is 9.59 Å². The van der Waals surface area contributed by atoms with Crippen LogP contribution < -0.4 is 0 Å². The molecule has 0 aliphatic carbocycles. The summed E-state index contributed by atoms with van der Waals surface area (Å²) in [5, 5.41) is 0. The average Bonchev–Trinajstić information content (AvgIpc) is 3.61. The van der Waals surface area contributed by atoms with E-state index in [1.807, 2.05) is 41.3 Å². The molecule has 4 heterocycles. The summed E-state index contributed by atoms with van der Waals surface area (Å²) in [6.45, 7) is 7.09. The van der Waals surface area contributed by atoms with Crippen molar-refractivity contribution in [3.63, 3.8) is 0 Å². The zero-order chi connectivity index (χ0) is 22.8. The van der Waals surface area contributed by atoms with Crippen molar-refractivity contribution in [2.45, 2.75) is 64.0 Å². The van der Waals surface area contributed by atoms with Gasteiger partial charge >= 0.3 is 0 Å². The van der Waals surface area contributed by atoms with E-state index in [4.69, 9.17) is 0 Å². The summed E-state index contributed by atoms with van der Waals surface area (Å²) in [5.41, 5.74) is 1.83. The fourth-order valence-electron chi connectivity index (χ4n) is 5.63. The van der Waals surface area contributed by atoms with Crippen LogP contribution in [0.25, 0.3) is 10.4 Å². The summed E-state index contributed by atoms with van der Waals surface area (Å²) >= 11 is 1.55. The number of thiophene rings is 1. The number of hydrogen-bond acceptors (Lipinski definition) is 4. The molecule has 2 aromatic rings. The van der Waals surface area contributed by atoms with Gasteiger partial charge in [-0.1, -0.05) is 12.1 Å². The highest BCUT2D eigenvalue weighted by Gasteiger charge is 2.33. The van der Waals surface area contributed by atoms with Crippen molar-refractivity contribution >= 4 is 23.2 Å². The summed E-state index contributed by atoms with van der Waals surface area (Å²) in [7, 11) is 0. The van der Waals surface area contributed by atoms with E-state index in [-0.39, 0.29) is 11.8 Å². The Bertz CT molecular complexity index is 980. The quantitative estimate of drug-likeness (QED) is 0.615. The molecule has 0 bridgehead atoms. The van der Waals surface area contributed by atoms with Gasteiger partial charge in [-0.3, -0.25) is 14.5 Å². The lowest BCUT2D eigenvalue weighted by Gasteiger charge is -2.30. The molecule has 3 saturated heterocycles. The molecule has 3 aliphatic rings. The second kappa shape index (κ2) is 9.98. The minimum atomic E-state index is 0.156. The first kappa shape index (κ1) is 22.6. The Kier molecular flexibility index (Phi) is 6.84. The minimum Gasteiger partial charge on any atom is -0.338 e. The van der Waals surface area contributed by atoms with Crippen LogP contribution in [-0.2, 0) is 0 Å². The van der Waals surface area contributed by atoms with Crippen molar-refractivity contribution in [1.82, 2.24) is 14.7 Å². The number of hydrogen-bond donors (Lipinski definition) is 0. The summed E-state index contributed by atoms with van der Waals surface area (Å²) in [6.07, 6.45) is 8.19. The lowest BCUT2D eigenvalue weighted by Crippen LogP contribution is -2.44. The van der Waals surface area contributed by atoms with E-state index in [9.17, 15) is 9.59 Å². The number of nitrogens with zero attached hydrogens (tertiary/aromatic N) is 3. The van der Waals surface area contributed by atoms with Gasteiger partial charge in [0.15, 0.2) is 0 Å². The summed E-state index contributed by atoms with van der Waals surface area (Å²) in [6, 6.07) is 12.9. The van der Waals surface area contributed by atoms with Gasteiger partial charge in [0.2, 0.25) is 0 Å². The lowest BCUT2D eigenvalue weighted by molar-refractivity contribution is 0.0695. The van der Waals surface area contributed by atoms with Gasteiger partial charge in [0, 0.05) is 48.7 Å². The van der Waals surface area contributed by atoms with Crippen molar-refractivity contribution in [3.8, 4) is 10.4 Å². The maximum absolute atomic E-state index is 13.3. The van der Waals surface area contributed by atoms with Crippen LogP contribution in [0, 0.1) is 0 Å². The standard InChI is InChI=1S/C27H35N3O2S/c1-20-7-5-17-29(20)19-23-8-6-18-30(23)26(31)22-11-9-21(10-12-22)24-13-14-25(33-24)27(32)28-15-3-2-4-16-28/h9-14,20,23H,2-8,15-19H2,1H3/t20-,23?/m1/s1. The highest BCUT2D eigenvalue weighted by molar-refractivity contribution is 7.17. The highest BCUT2D eigenvalue weighted by Crippen LogP contribution is 2.31. The van der Waals surface area contributed by atoms with Crippen molar-refractivity contribution in [2.75, 3.05) is 32.7 Å². The Morgan fingerprint density at radius 3 is 2.33 bits per heavy atom. The molecule has 0 spiro atoms. The molecule has 1 unspecified atom stereocenters. The molecule has 5 nitrogen and oxygen atoms in total. The van der Waals surface area contributed by atoms with Gasteiger partial charge in [-0.2, -0.15) is 0 Å². The number of benzene rings is 1. The Morgan fingerprint density at radius 1 is 0.848 bits per heavy atom. The molecule has 1 aromatic carbocycles. The van der Waals surface area contributed by atoms with Crippen LogP contribution in [0.5, 0.6) is 0 Å². The van der Waals surface area contributed by atoms with E-state index in [1.54, 1.807) is 11.3 Å². The smallest absolute Gasteiger partial charge is 0.263 e. The maximum atomic E-state index is 13.3. The normalized spacial score (nSPS) is 23.9. The van der Waals surface area contributed by atoms with E-state index < -0.39 is 0 Å². The number of piperidine rings is 1. The number of carbonyl (C=O) groups excluding carboxylic acids is 2. The Labute approximate surface area is 201 Å². The van der Waals surface area contributed by atoms with Crippen molar-refractivity contribution in [2.24, 2.45) is 0 Å². The van der Waals surface area contributed by atoms with Gasteiger partial charge in [-0.15, -0.1) is 11.3 Å². The van der Waals surface area contributed by atoms with Crippen LogP contribution in [0.3, 0.4) is 0 Å². The molecule has 3 fully saturated rings. The van der Waals surface area contributed by atoms with Crippen molar-refractivity contribution in [3.05, 3.63) is 46.8 Å². The van der Waals surface area contributed by atoms with Crippen LogP contribution in [0.15, 0.2) is 36.4 Å². The zero-order valence-corrected chi connectivity index (χ0v) is 20.5. The SMILES string of the molecule is C[C@@H]1CCCN1CC1CCCN1C(=O)c1ccc(-c2ccc(C(=O)N3CCCCC3)s2)cc1. The molecule has 3 aliphatic heterocycles. The monoisotopic (exact) mass is 465 g/mol. The third kappa shape index (κ3) is 4.87. The van der Waals surface area contributed by atoms with Gasteiger partial charge in [0.1, 0.15) is 0 Å². The maximum Gasteiger partial charge on any atom is 0.263 e. The molecule has 33 heavy (non-hydrogen) atoms. The summed E-state index contributed by atoms with van der Waals surface area (Å²) in [4.78, 5) is 34.6. The van der Waals surface area contributed by atoms with Crippen LogP contribution >= 0.6 is 11.3 Å². The fraction of sp³-hybridized carbons (Fsp3) is 0.556. The lowest BCUT2D eigenvalue weighted by atomic mass is 10.1. The molecule has 1 aromatic heterocycles. The fourth-order valence-corrected chi connectivity index (χ4v) is 6.61. The van der Waals surface area contributed by atoms with E-state index in [0.29, 0.717) is 12.1 Å². The molecule has 5 rings (SSSR count). The van der Waals surface area contributed by atoms with E-state index in [0.717, 1.165) is 79.3 Å². The molecule has 0 N–H and O–H groups in total. The predicted octanol–water partition coefficient (Wildman–Crippen LogP) is 5.13. The predicted molar refractivity (Wildman–Crippen MR) is 134 cm³/mol. The second-order valence-electron chi connectivity index (χ2n) is 9.87. The Balaban J connectivity index is 1.24. The molecule has 0 radical (unpaired) electrons. The first-order valence-corrected chi connectivity index (χ1v) is 13.5. The second-order valence-corrected chi connectivity index (χ2v) is 11.0. The molecule has 176 valence electrons. The van der Waals surface area contributed by atoms with E-state index in [1.165, 1.54) is 19.3 Å². The molecular weight excluding hydrogens is 430 g/mol. The number of amides is 2. The Morgan fingerprint density at radius 2 is 1.61 bits per heavy atom. The first-order chi connectivity index (χ1) is 16.1. The van der Waals surface area contributed by atoms with E-state index in [2.05, 4.69) is 16.7 Å². The third-order valence-electron chi connectivity index (χ3n) is 7.65. The topological polar surface area (TPSA) is 43.9 Å². The molecule has 0 saturated carbocycles. The van der Waals surface area contributed by atoms with Crippen molar-refractivity contribution in [1.29, 1.82) is 0 Å². The molecular formula is C27H35N3O2S. The van der Waals surface area contributed by atoms with Crippen LogP contribution in [-0.4, -0.2) is 71.3 Å². The molecule has 2 amide bonds. The summed E-state index contributed by atoms with van der Waals surface area (Å²) < 4.78 is 0. The van der Waals surface area contributed by atoms with Gasteiger partial charge < -0.3 is 9.80 Å². The largest absolute Gasteiger partial charge is 0.338 e. The first-order valence-electron chi connectivity index (χ1n) is 12.6. The summed E-state index contributed by atoms with van der Waals surface area (Å²) in [5.74, 6) is 0.313. The van der Waals surface area contributed by atoms with Gasteiger partial charge in [-0.25, -0.2) is 0 Å². The zero-order valence-electron chi connectivity index (χ0n) is 19.7. The van der Waals surface area contributed by atoms with Crippen LogP contribution in [0.1, 0.15) is 71.9 Å². The van der Waals surface area contributed by atoms with Crippen LogP contribution in [0.2, 0.25) is 0 Å². The van der Waals surface area contributed by atoms with Gasteiger partial charge in [-0.05, 0) is 88.2 Å². The van der Waals surface area contributed by atoms with E-state index >= 15 is 0 Å². The number of likely N-dealkylation sites (tertiary alicyclic amines) is 3. The average molecular weight is 466 g/mol. The number of rotatable bonds is 5. The van der Waals surface area contributed by atoms with Gasteiger partial charge in [0.05, 0.1) is 4.88 Å². The molecule has 6 heteroatoms.